The lowest BCUT2D eigenvalue weighted by Crippen LogP contribution is -2.47. The number of ether oxygens (including phenoxy) is 1. The Morgan fingerprint density at radius 3 is 2.29 bits per heavy atom. The van der Waals surface area contributed by atoms with Crippen molar-refractivity contribution in [2.24, 2.45) is 0 Å². The molecule has 0 saturated carbocycles. The molecule has 0 unspecified atom stereocenters. The zero-order chi connectivity index (χ0) is 22.1. The first-order valence-electron chi connectivity index (χ1n) is 10.1. The lowest BCUT2D eigenvalue weighted by atomic mass is 10.0. The van der Waals surface area contributed by atoms with Gasteiger partial charge >= 0.3 is 0 Å². The largest absolute Gasteiger partial charge is 0.496 e. The van der Waals surface area contributed by atoms with E-state index in [1.807, 2.05) is 4.90 Å². The van der Waals surface area contributed by atoms with Crippen LogP contribution >= 0.6 is 0 Å². The van der Waals surface area contributed by atoms with Crippen LogP contribution in [0.5, 0.6) is 5.75 Å². The van der Waals surface area contributed by atoms with Crippen molar-refractivity contribution in [3.63, 3.8) is 0 Å². The summed E-state index contributed by atoms with van der Waals surface area (Å²) >= 11 is 0. The molecule has 1 fully saturated rings. The van der Waals surface area contributed by atoms with Gasteiger partial charge in [0.05, 0.1) is 18.4 Å². The second-order valence-electron chi connectivity index (χ2n) is 7.39. The molecule has 162 valence electrons. The molecule has 2 amide bonds. The van der Waals surface area contributed by atoms with Crippen molar-refractivity contribution in [3.05, 3.63) is 65.4 Å². The molecule has 1 saturated heterocycles. The zero-order valence-corrected chi connectivity index (χ0v) is 17.4. The van der Waals surface area contributed by atoms with Gasteiger partial charge in [-0.05, 0) is 24.7 Å². The Morgan fingerprint density at radius 2 is 1.65 bits per heavy atom. The molecule has 2 aliphatic rings. The number of halogens is 2. The number of piperazine rings is 1. The summed E-state index contributed by atoms with van der Waals surface area (Å²) in [4.78, 5) is 32.0. The number of para-hydroxylation sites is 1. The molecule has 8 heteroatoms. The Bertz CT molecular complexity index is 1060. The summed E-state index contributed by atoms with van der Waals surface area (Å²) in [5.41, 5.74) is 0.942. The number of amides is 2. The number of benzene rings is 2. The summed E-state index contributed by atoms with van der Waals surface area (Å²) in [6.45, 7) is 5.64. The minimum atomic E-state index is -1.12. The number of anilines is 1. The van der Waals surface area contributed by atoms with Gasteiger partial charge in [0.25, 0.3) is 11.8 Å². The Balaban J connectivity index is 1.82. The molecule has 0 radical (unpaired) electrons. The van der Waals surface area contributed by atoms with Gasteiger partial charge in [-0.1, -0.05) is 25.1 Å². The molecule has 0 bridgehead atoms. The Labute approximate surface area is 179 Å². The highest BCUT2D eigenvalue weighted by atomic mass is 19.2. The number of likely N-dealkylation sites (N-methyl/N-ethyl adjacent to an activating group) is 1. The molecule has 0 atom stereocenters. The van der Waals surface area contributed by atoms with Crippen molar-refractivity contribution in [3.8, 4) is 5.75 Å². The Hall–Kier alpha value is -3.26. The molecule has 31 heavy (non-hydrogen) atoms. The second kappa shape index (κ2) is 8.47. The van der Waals surface area contributed by atoms with E-state index in [0.717, 1.165) is 36.7 Å². The standard InChI is InChI=1S/C23H23F2N3O3/c1-3-26-10-12-27(13-11-26)21-20(16-6-4-5-7-19(16)31-2)22(29)28(23(21)30)15-8-9-17(24)18(25)14-15/h4-9,14H,3,10-13H2,1-2H3. The molecule has 0 aliphatic carbocycles. The molecular formula is C23H23F2N3O3. The van der Waals surface area contributed by atoms with Crippen LogP contribution in [-0.4, -0.2) is 61.4 Å². The SMILES string of the molecule is CCN1CCN(C2=C(c3ccccc3OC)C(=O)N(c3ccc(F)c(F)c3)C2=O)CC1. The maximum Gasteiger partial charge on any atom is 0.282 e. The summed E-state index contributed by atoms with van der Waals surface area (Å²) in [6, 6.07) is 9.97. The maximum absolute atomic E-state index is 13.9. The van der Waals surface area contributed by atoms with Crippen molar-refractivity contribution >= 4 is 23.1 Å². The average molecular weight is 427 g/mol. The normalized spacial score (nSPS) is 17.7. The average Bonchev–Trinajstić information content (AvgIpc) is 3.05. The second-order valence-corrected chi connectivity index (χ2v) is 7.39. The van der Waals surface area contributed by atoms with Crippen molar-refractivity contribution in [2.45, 2.75) is 6.92 Å². The van der Waals surface area contributed by atoms with Gasteiger partial charge in [0.2, 0.25) is 0 Å². The van der Waals surface area contributed by atoms with E-state index in [0.29, 0.717) is 24.4 Å². The van der Waals surface area contributed by atoms with Crippen LogP contribution in [0.1, 0.15) is 12.5 Å². The fraction of sp³-hybridized carbons (Fsp3) is 0.304. The first-order chi connectivity index (χ1) is 15.0. The van der Waals surface area contributed by atoms with Gasteiger partial charge in [-0.3, -0.25) is 9.59 Å². The summed E-state index contributed by atoms with van der Waals surface area (Å²) in [6.07, 6.45) is 0. The molecule has 2 aromatic carbocycles. The van der Waals surface area contributed by atoms with Crippen LogP contribution in [0.2, 0.25) is 0 Å². The molecular weight excluding hydrogens is 404 g/mol. The van der Waals surface area contributed by atoms with Crippen LogP contribution in [0.25, 0.3) is 5.57 Å². The number of hydrogen-bond acceptors (Lipinski definition) is 5. The van der Waals surface area contributed by atoms with E-state index >= 15 is 0 Å². The maximum atomic E-state index is 13.9. The monoisotopic (exact) mass is 427 g/mol. The van der Waals surface area contributed by atoms with Crippen LogP contribution in [-0.2, 0) is 9.59 Å². The van der Waals surface area contributed by atoms with E-state index in [-0.39, 0.29) is 17.0 Å². The van der Waals surface area contributed by atoms with Gasteiger partial charge in [0.1, 0.15) is 11.4 Å². The number of rotatable bonds is 5. The molecule has 2 heterocycles. The third-order valence-corrected chi connectivity index (χ3v) is 5.73. The highest BCUT2D eigenvalue weighted by molar-refractivity contribution is 6.45. The molecule has 0 spiro atoms. The van der Waals surface area contributed by atoms with Crippen LogP contribution in [0.15, 0.2) is 48.2 Å². The van der Waals surface area contributed by atoms with Crippen LogP contribution in [0.3, 0.4) is 0 Å². The topological polar surface area (TPSA) is 53.1 Å². The van der Waals surface area contributed by atoms with Crippen LogP contribution < -0.4 is 9.64 Å². The fourth-order valence-electron chi connectivity index (χ4n) is 4.05. The van der Waals surface area contributed by atoms with Gasteiger partial charge in [0, 0.05) is 37.8 Å². The zero-order valence-electron chi connectivity index (χ0n) is 17.4. The first kappa shape index (κ1) is 21.0. The predicted octanol–water partition coefficient (Wildman–Crippen LogP) is 2.90. The predicted molar refractivity (Wildman–Crippen MR) is 112 cm³/mol. The molecule has 0 aromatic heterocycles. The van der Waals surface area contributed by atoms with Crippen molar-refractivity contribution in [1.29, 1.82) is 0 Å². The molecule has 6 nitrogen and oxygen atoms in total. The number of carbonyl (C=O) groups is 2. The summed E-state index contributed by atoms with van der Waals surface area (Å²) in [7, 11) is 1.49. The number of carbonyl (C=O) groups excluding carboxylic acids is 2. The number of methoxy groups -OCH3 is 1. The van der Waals surface area contributed by atoms with E-state index < -0.39 is 23.4 Å². The number of hydrogen-bond donors (Lipinski definition) is 0. The third kappa shape index (κ3) is 3.67. The van der Waals surface area contributed by atoms with E-state index in [9.17, 15) is 18.4 Å². The molecule has 0 N–H and O–H groups in total. The number of imide groups is 1. The third-order valence-electron chi connectivity index (χ3n) is 5.73. The van der Waals surface area contributed by atoms with Crippen molar-refractivity contribution < 1.29 is 23.1 Å². The Kier molecular flexibility index (Phi) is 5.73. The van der Waals surface area contributed by atoms with E-state index in [1.54, 1.807) is 24.3 Å². The molecule has 4 rings (SSSR count). The minimum absolute atomic E-state index is 0.0107. The molecule has 2 aromatic rings. The highest BCUT2D eigenvalue weighted by Gasteiger charge is 2.44. The smallest absolute Gasteiger partial charge is 0.282 e. The van der Waals surface area contributed by atoms with Crippen molar-refractivity contribution in [1.82, 2.24) is 9.80 Å². The van der Waals surface area contributed by atoms with E-state index in [4.69, 9.17) is 4.74 Å². The minimum Gasteiger partial charge on any atom is -0.496 e. The summed E-state index contributed by atoms with van der Waals surface area (Å²) in [5, 5.41) is 0. The lowest BCUT2D eigenvalue weighted by Gasteiger charge is -2.36. The Morgan fingerprint density at radius 1 is 0.935 bits per heavy atom. The van der Waals surface area contributed by atoms with Crippen LogP contribution in [0, 0.1) is 11.6 Å². The number of nitrogens with zero attached hydrogens (tertiary/aromatic N) is 3. The van der Waals surface area contributed by atoms with Gasteiger partial charge in [-0.15, -0.1) is 0 Å². The van der Waals surface area contributed by atoms with Gasteiger partial charge in [0.15, 0.2) is 11.6 Å². The quantitative estimate of drug-likeness (QED) is 0.687. The first-order valence-corrected chi connectivity index (χ1v) is 10.1. The van der Waals surface area contributed by atoms with Crippen LogP contribution in [0.4, 0.5) is 14.5 Å². The van der Waals surface area contributed by atoms with E-state index in [1.165, 1.54) is 13.2 Å². The summed E-state index contributed by atoms with van der Waals surface area (Å²) in [5.74, 6) is -2.86. The fourth-order valence-corrected chi connectivity index (χ4v) is 4.05. The highest BCUT2D eigenvalue weighted by Crippen LogP contribution is 2.38. The van der Waals surface area contributed by atoms with Gasteiger partial charge in [-0.25, -0.2) is 13.7 Å². The molecule has 2 aliphatic heterocycles. The van der Waals surface area contributed by atoms with E-state index in [2.05, 4.69) is 11.8 Å². The van der Waals surface area contributed by atoms with Gasteiger partial charge in [-0.2, -0.15) is 0 Å². The van der Waals surface area contributed by atoms with Crippen molar-refractivity contribution in [2.75, 3.05) is 44.7 Å². The van der Waals surface area contributed by atoms with Gasteiger partial charge < -0.3 is 14.5 Å². The lowest BCUT2D eigenvalue weighted by molar-refractivity contribution is -0.120. The summed E-state index contributed by atoms with van der Waals surface area (Å²) < 4.78 is 32.8.